The normalized spacial score (nSPS) is 10.5. The summed E-state index contributed by atoms with van der Waals surface area (Å²) in [6.45, 7) is 5.53. The minimum Gasteiger partial charge on any atom is -0.490 e. The van der Waals surface area contributed by atoms with Crippen molar-refractivity contribution in [3.8, 4) is 11.5 Å². The van der Waals surface area contributed by atoms with Crippen LogP contribution in [0.5, 0.6) is 11.5 Å². The van der Waals surface area contributed by atoms with Crippen molar-refractivity contribution in [3.63, 3.8) is 0 Å². The van der Waals surface area contributed by atoms with Gasteiger partial charge in [0.15, 0.2) is 11.5 Å². The molecule has 5 heteroatoms. The van der Waals surface area contributed by atoms with E-state index in [0.717, 1.165) is 26.9 Å². The van der Waals surface area contributed by atoms with Gasteiger partial charge in [-0.1, -0.05) is 6.07 Å². The summed E-state index contributed by atoms with van der Waals surface area (Å²) in [7, 11) is 0. The van der Waals surface area contributed by atoms with Crippen LogP contribution in [0.1, 0.15) is 22.4 Å². The Morgan fingerprint density at radius 3 is 2.74 bits per heavy atom. The second kappa shape index (κ2) is 6.54. The molecule has 0 bridgehead atoms. The molecule has 0 radical (unpaired) electrons. The summed E-state index contributed by atoms with van der Waals surface area (Å²) in [4.78, 5) is 5.31. The van der Waals surface area contributed by atoms with E-state index in [-0.39, 0.29) is 0 Å². The summed E-state index contributed by atoms with van der Waals surface area (Å²) < 4.78 is 11.4. The maximum absolute atomic E-state index is 5.79. The third kappa shape index (κ3) is 3.68. The zero-order valence-electron chi connectivity index (χ0n) is 11.2. The predicted octanol–water partition coefficient (Wildman–Crippen LogP) is 2.89. The van der Waals surface area contributed by atoms with E-state index in [1.807, 2.05) is 38.2 Å². The Kier molecular flexibility index (Phi) is 4.76. The number of thiazole rings is 1. The second-order valence-corrected chi connectivity index (χ2v) is 5.37. The van der Waals surface area contributed by atoms with Crippen LogP contribution in [0.2, 0.25) is 0 Å². The number of hydrogen-bond acceptors (Lipinski definition) is 5. The maximum Gasteiger partial charge on any atom is 0.161 e. The fourth-order valence-electron chi connectivity index (χ4n) is 1.69. The van der Waals surface area contributed by atoms with Crippen LogP contribution in [-0.4, -0.2) is 11.6 Å². The standard InChI is InChI=1S/C14H18N2O2S/c1-3-17-14-6-11(7-15)4-5-13(14)18-9-12-8-16-10(2)19-12/h4-6,8H,3,7,9,15H2,1-2H3. The van der Waals surface area contributed by atoms with Gasteiger partial charge in [-0.25, -0.2) is 4.98 Å². The lowest BCUT2D eigenvalue weighted by Gasteiger charge is -2.12. The minimum atomic E-state index is 0.494. The zero-order chi connectivity index (χ0) is 13.7. The van der Waals surface area contributed by atoms with Gasteiger partial charge in [-0.3, -0.25) is 0 Å². The summed E-state index contributed by atoms with van der Waals surface area (Å²) >= 11 is 1.64. The Morgan fingerprint density at radius 1 is 1.26 bits per heavy atom. The van der Waals surface area contributed by atoms with E-state index in [9.17, 15) is 0 Å². The molecule has 1 aromatic heterocycles. The van der Waals surface area contributed by atoms with Gasteiger partial charge in [0.05, 0.1) is 16.5 Å². The van der Waals surface area contributed by atoms with Crippen molar-refractivity contribution in [3.05, 3.63) is 39.8 Å². The first-order valence-electron chi connectivity index (χ1n) is 6.22. The third-order valence-electron chi connectivity index (χ3n) is 2.58. The molecular weight excluding hydrogens is 260 g/mol. The molecule has 0 unspecified atom stereocenters. The molecule has 1 aromatic carbocycles. The molecule has 0 saturated carbocycles. The molecule has 0 amide bonds. The molecule has 0 fully saturated rings. The molecule has 2 rings (SSSR count). The Labute approximate surface area is 117 Å². The van der Waals surface area contributed by atoms with Gasteiger partial charge in [-0.2, -0.15) is 0 Å². The monoisotopic (exact) mass is 278 g/mol. The van der Waals surface area contributed by atoms with Crippen LogP contribution in [0.15, 0.2) is 24.4 Å². The predicted molar refractivity (Wildman–Crippen MR) is 76.7 cm³/mol. The fraction of sp³-hybridized carbons (Fsp3) is 0.357. The lowest BCUT2D eigenvalue weighted by Crippen LogP contribution is -2.01. The molecule has 2 aromatic rings. The van der Waals surface area contributed by atoms with Crippen LogP contribution < -0.4 is 15.2 Å². The van der Waals surface area contributed by atoms with Crippen molar-refractivity contribution in [1.29, 1.82) is 0 Å². The lowest BCUT2D eigenvalue weighted by molar-refractivity contribution is 0.271. The van der Waals surface area contributed by atoms with Crippen molar-refractivity contribution in [1.82, 2.24) is 4.98 Å². The van der Waals surface area contributed by atoms with Crippen LogP contribution in [0.4, 0.5) is 0 Å². The molecule has 0 spiro atoms. The minimum absolute atomic E-state index is 0.494. The molecule has 0 atom stereocenters. The number of nitrogens with two attached hydrogens (primary N) is 1. The van der Waals surface area contributed by atoms with E-state index in [4.69, 9.17) is 15.2 Å². The highest BCUT2D eigenvalue weighted by atomic mass is 32.1. The van der Waals surface area contributed by atoms with Crippen LogP contribution in [-0.2, 0) is 13.2 Å². The lowest BCUT2D eigenvalue weighted by atomic mass is 10.2. The topological polar surface area (TPSA) is 57.4 Å². The van der Waals surface area contributed by atoms with Crippen molar-refractivity contribution in [2.45, 2.75) is 27.0 Å². The highest BCUT2D eigenvalue weighted by molar-refractivity contribution is 7.11. The Balaban J connectivity index is 2.10. The second-order valence-electron chi connectivity index (χ2n) is 4.05. The highest BCUT2D eigenvalue weighted by Crippen LogP contribution is 2.29. The number of benzene rings is 1. The first-order valence-corrected chi connectivity index (χ1v) is 7.04. The van der Waals surface area contributed by atoms with E-state index in [0.29, 0.717) is 19.8 Å². The van der Waals surface area contributed by atoms with Gasteiger partial charge >= 0.3 is 0 Å². The number of rotatable bonds is 6. The maximum atomic E-state index is 5.79. The summed E-state index contributed by atoms with van der Waals surface area (Å²) in [5.74, 6) is 1.48. The first kappa shape index (κ1) is 13.8. The van der Waals surface area contributed by atoms with Crippen LogP contribution in [0, 0.1) is 6.92 Å². The summed E-state index contributed by atoms with van der Waals surface area (Å²) in [6, 6.07) is 5.79. The molecule has 0 aliphatic heterocycles. The van der Waals surface area contributed by atoms with Gasteiger partial charge < -0.3 is 15.2 Å². The van der Waals surface area contributed by atoms with Gasteiger partial charge in [0.25, 0.3) is 0 Å². The molecular formula is C14H18N2O2S. The Morgan fingerprint density at radius 2 is 2.11 bits per heavy atom. The Hall–Kier alpha value is -1.59. The van der Waals surface area contributed by atoms with Crippen molar-refractivity contribution >= 4 is 11.3 Å². The number of aryl methyl sites for hydroxylation is 1. The number of nitrogens with zero attached hydrogens (tertiary/aromatic N) is 1. The zero-order valence-corrected chi connectivity index (χ0v) is 12.0. The summed E-state index contributed by atoms with van der Waals surface area (Å²) in [6.07, 6.45) is 1.84. The van der Waals surface area contributed by atoms with E-state index in [1.165, 1.54) is 0 Å². The summed E-state index contributed by atoms with van der Waals surface area (Å²) in [5, 5.41) is 1.04. The third-order valence-corrected chi connectivity index (χ3v) is 3.47. The van der Waals surface area contributed by atoms with Crippen LogP contribution in [0.3, 0.4) is 0 Å². The molecule has 0 aliphatic rings. The van der Waals surface area contributed by atoms with E-state index >= 15 is 0 Å². The largest absolute Gasteiger partial charge is 0.490 e. The van der Waals surface area contributed by atoms with Gasteiger partial charge in [-0.05, 0) is 31.5 Å². The average Bonchev–Trinajstić information content (AvgIpc) is 2.83. The molecule has 1 heterocycles. The van der Waals surface area contributed by atoms with E-state index in [2.05, 4.69) is 4.98 Å². The van der Waals surface area contributed by atoms with Crippen molar-refractivity contribution in [2.75, 3.05) is 6.61 Å². The fourth-order valence-corrected chi connectivity index (χ4v) is 2.40. The molecule has 2 N–H and O–H groups in total. The molecule has 4 nitrogen and oxygen atoms in total. The summed E-state index contributed by atoms with van der Waals surface area (Å²) in [5.41, 5.74) is 6.66. The van der Waals surface area contributed by atoms with Gasteiger partial charge in [0.2, 0.25) is 0 Å². The molecule has 19 heavy (non-hydrogen) atoms. The first-order chi connectivity index (χ1) is 9.22. The van der Waals surface area contributed by atoms with Crippen molar-refractivity contribution < 1.29 is 9.47 Å². The smallest absolute Gasteiger partial charge is 0.161 e. The van der Waals surface area contributed by atoms with E-state index < -0.39 is 0 Å². The number of ether oxygens (including phenoxy) is 2. The van der Waals surface area contributed by atoms with E-state index in [1.54, 1.807) is 11.3 Å². The van der Waals surface area contributed by atoms with Gasteiger partial charge in [0.1, 0.15) is 6.61 Å². The van der Waals surface area contributed by atoms with Gasteiger partial charge in [0, 0.05) is 12.7 Å². The number of aromatic nitrogens is 1. The average molecular weight is 278 g/mol. The SMILES string of the molecule is CCOc1cc(CN)ccc1OCc1cnc(C)s1. The van der Waals surface area contributed by atoms with Gasteiger partial charge in [-0.15, -0.1) is 11.3 Å². The molecule has 0 saturated heterocycles. The molecule has 102 valence electrons. The number of hydrogen-bond donors (Lipinski definition) is 1. The van der Waals surface area contributed by atoms with Crippen molar-refractivity contribution in [2.24, 2.45) is 5.73 Å². The quantitative estimate of drug-likeness (QED) is 0.882. The highest BCUT2D eigenvalue weighted by Gasteiger charge is 2.07. The Bertz CT molecular complexity index is 540. The van der Waals surface area contributed by atoms with Crippen LogP contribution in [0.25, 0.3) is 0 Å². The van der Waals surface area contributed by atoms with Crippen LogP contribution >= 0.6 is 11.3 Å². The molecule has 0 aliphatic carbocycles.